The van der Waals surface area contributed by atoms with Gasteiger partial charge in [-0.15, -0.1) is 0 Å². The third-order valence-electron chi connectivity index (χ3n) is 10.3. The van der Waals surface area contributed by atoms with E-state index >= 15 is 0 Å². The molecule has 4 heterocycles. The van der Waals surface area contributed by atoms with Crippen molar-refractivity contribution in [2.75, 3.05) is 26.8 Å². The minimum absolute atomic E-state index is 0.0686. The number of rotatable bonds is 1. The number of carbonyl (C=O) groups excluding carboxylic acids is 4. The summed E-state index contributed by atoms with van der Waals surface area (Å²) in [4.78, 5) is 56.6. The molecule has 2 fully saturated rings. The summed E-state index contributed by atoms with van der Waals surface area (Å²) in [5.41, 5.74) is 2.31. The van der Waals surface area contributed by atoms with Gasteiger partial charge in [-0.3, -0.25) is 19.3 Å². The molecule has 0 radical (unpaired) electrons. The second-order valence-electron chi connectivity index (χ2n) is 15.8. The van der Waals surface area contributed by atoms with E-state index in [0.29, 0.717) is 63.9 Å². The smallest absolute Gasteiger partial charge is 0.328 e. The fourth-order valence-corrected chi connectivity index (χ4v) is 7.35. The summed E-state index contributed by atoms with van der Waals surface area (Å²) in [5, 5.41) is 3.10. The van der Waals surface area contributed by atoms with Crippen LogP contribution in [0.5, 0.6) is 0 Å². The van der Waals surface area contributed by atoms with Gasteiger partial charge in [0.25, 0.3) is 5.91 Å². The third kappa shape index (κ3) is 8.95. The van der Waals surface area contributed by atoms with Crippen LogP contribution in [0.3, 0.4) is 0 Å². The lowest BCUT2D eigenvalue weighted by Crippen LogP contribution is -2.47. The fraction of sp³-hybridized carbons (Fsp3) is 0.730. The Hall–Kier alpha value is -3.02. The number of hydrogen-bond acceptors (Lipinski definition) is 9. The molecule has 0 aromatic heterocycles. The average Bonchev–Trinajstić information content (AvgIpc) is 3.44. The quantitative estimate of drug-likeness (QED) is 0.327. The standard InChI is InChI=1S/C37H55N3O8/c1-36(2,3)28-15-8-9-16-30(41)46-23-37(4,5)17-10-7-11-18-38-31(42)26-14-12-13-24-20-39(22-27(24)26)33-35(48-33)47-25-19-29(34(44)45-6)40(21-25)32(28)43/h12-14,25,28-29,33,35H,7-11,15-23H2,1-6H3,(H,38,42). The number of fused-ring (bicyclic) bond motifs is 5. The van der Waals surface area contributed by atoms with E-state index in [1.54, 1.807) is 4.90 Å². The van der Waals surface area contributed by atoms with Crippen LogP contribution in [-0.4, -0.2) is 85.0 Å². The number of nitrogens with zero attached hydrogens (tertiary/aromatic N) is 2. The first-order chi connectivity index (χ1) is 22.8. The molecule has 1 N–H and O–H groups in total. The maximum Gasteiger partial charge on any atom is 0.328 e. The maximum absolute atomic E-state index is 14.1. The van der Waals surface area contributed by atoms with Crippen molar-refractivity contribution in [2.24, 2.45) is 16.7 Å². The second kappa shape index (κ2) is 15.3. The molecule has 6 unspecified atom stereocenters. The topological polar surface area (TPSA) is 127 Å². The Labute approximate surface area is 285 Å². The summed E-state index contributed by atoms with van der Waals surface area (Å²) in [6.07, 6.45) is 5.16. The van der Waals surface area contributed by atoms with Gasteiger partial charge in [-0.05, 0) is 53.7 Å². The van der Waals surface area contributed by atoms with Crippen LogP contribution >= 0.6 is 0 Å². The lowest BCUT2D eigenvalue weighted by Gasteiger charge is -2.34. The zero-order valence-corrected chi connectivity index (χ0v) is 29.7. The Balaban J connectivity index is 1.30. The van der Waals surface area contributed by atoms with E-state index in [4.69, 9.17) is 18.9 Å². The minimum atomic E-state index is -0.739. The number of nitrogens with one attached hydrogen (secondary N) is 1. The van der Waals surface area contributed by atoms with Crippen LogP contribution in [0.25, 0.3) is 0 Å². The molecule has 266 valence electrons. The number of amides is 2. The van der Waals surface area contributed by atoms with Crippen molar-refractivity contribution < 1.29 is 38.1 Å². The van der Waals surface area contributed by atoms with Gasteiger partial charge in [-0.25, -0.2) is 4.79 Å². The lowest BCUT2D eigenvalue weighted by atomic mass is 9.76. The molecule has 5 rings (SSSR count). The zero-order valence-electron chi connectivity index (χ0n) is 29.7. The molecule has 1 aromatic rings. The van der Waals surface area contributed by atoms with Gasteiger partial charge in [0.1, 0.15) is 6.04 Å². The van der Waals surface area contributed by atoms with Gasteiger partial charge in [-0.2, -0.15) is 0 Å². The van der Waals surface area contributed by atoms with Crippen LogP contribution in [-0.2, 0) is 46.4 Å². The molecule has 0 saturated carbocycles. The van der Waals surface area contributed by atoms with E-state index in [1.165, 1.54) is 7.11 Å². The third-order valence-corrected chi connectivity index (χ3v) is 10.3. The van der Waals surface area contributed by atoms with Crippen molar-refractivity contribution in [2.45, 2.75) is 130 Å². The number of ether oxygens (including phenoxy) is 4. The number of esters is 2. The molecule has 4 aliphatic heterocycles. The van der Waals surface area contributed by atoms with Crippen LogP contribution in [0, 0.1) is 16.7 Å². The first-order valence-electron chi connectivity index (χ1n) is 17.8. The summed E-state index contributed by atoms with van der Waals surface area (Å²) in [6.45, 7) is 12.8. The summed E-state index contributed by atoms with van der Waals surface area (Å²) in [5.74, 6) is -1.19. The largest absolute Gasteiger partial charge is 0.467 e. The SMILES string of the molecule is COC(=O)C1CC2CN1C(=O)C(C(C)(C)C)CCCCC(=O)OCC(C)(C)CCCCCNC(=O)c1cccc3c1CN(C3)C1OC1O2. The highest BCUT2D eigenvalue weighted by molar-refractivity contribution is 5.96. The van der Waals surface area contributed by atoms with Crippen LogP contribution in [0.4, 0.5) is 0 Å². The number of methoxy groups -OCH3 is 1. The number of hydrogen-bond donors (Lipinski definition) is 1. The van der Waals surface area contributed by atoms with Gasteiger partial charge < -0.3 is 29.2 Å². The molecule has 48 heavy (non-hydrogen) atoms. The normalized spacial score (nSPS) is 30.9. The van der Waals surface area contributed by atoms with Gasteiger partial charge in [0.15, 0.2) is 12.5 Å². The van der Waals surface area contributed by atoms with Gasteiger partial charge in [-0.1, -0.05) is 66.0 Å². The van der Waals surface area contributed by atoms with Crippen LogP contribution in [0.1, 0.15) is 114 Å². The molecule has 1 aromatic carbocycles. The fourth-order valence-electron chi connectivity index (χ4n) is 7.35. The first kappa shape index (κ1) is 36.3. The summed E-state index contributed by atoms with van der Waals surface area (Å²) in [7, 11) is 1.34. The summed E-state index contributed by atoms with van der Waals surface area (Å²) in [6, 6.07) is 5.11. The van der Waals surface area contributed by atoms with Crippen LogP contribution in [0.15, 0.2) is 18.2 Å². The maximum atomic E-state index is 14.1. The number of benzene rings is 1. The van der Waals surface area contributed by atoms with E-state index in [9.17, 15) is 19.2 Å². The van der Waals surface area contributed by atoms with Crippen molar-refractivity contribution in [1.82, 2.24) is 15.1 Å². The van der Waals surface area contributed by atoms with E-state index in [1.807, 2.05) is 32.9 Å². The molecule has 2 saturated heterocycles. The highest BCUT2D eigenvalue weighted by Gasteiger charge is 2.51. The second-order valence-corrected chi connectivity index (χ2v) is 15.8. The molecular weight excluding hydrogens is 614 g/mol. The van der Waals surface area contributed by atoms with Crippen molar-refractivity contribution in [3.8, 4) is 0 Å². The molecule has 6 atom stereocenters. The Morgan fingerprint density at radius 3 is 2.56 bits per heavy atom. The zero-order chi connectivity index (χ0) is 34.6. The number of cyclic esters (lactones) is 1. The highest BCUT2D eigenvalue weighted by atomic mass is 16.8. The van der Waals surface area contributed by atoms with Gasteiger partial charge in [0.2, 0.25) is 5.91 Å². The molecular formula is C37H55N3O8. The Morgan fingerprint density at radius 2 is 1.81 bits per heavy atom. The highest BCUT2D eigenvalue weighted by Crippen LogP contribution is 2.39. The molecule has 4 bridgehead atoms. The molecule has 0 spiro atoms. The van der Waals surface area contributed by atoms with Crippen molar-refractivity contribution in [3.63, 3.8) is 0 Å². The summed E-state index contributed by atoms with van der Waals surface area (Å²) >= 11 is 0. The molecule has 0 aliphatic carbocycles. The van der Waals surface area contributed by atoms with Crippen molar-refractivity contribution in [1.29, 1.82) is 0 Å². The van der Waals surface area contributed by atoms with Crippen molar-refractivity contribution in [3.05, 3.63) is 34.9 Å². The van der Waals surface area contributed by atoms with Crippen molar-refractivity contribution >= 4 is 23.8 Å². The molecule has 11 nitrogen and oxygen atoms in total. The van der Waals surface area contributed by atoms with E-state index in [0.717, 1.165) is 36.8 Å². The average molecular weight is 670 g/mol. The first-order valence-corrected chi connectivity index (χ1v) is 17.8. The summed E-state index contributed by atoms with van der Waals surface area (Å²) < 4.78 is 23.1. The van der Waals surface area contributed by atoms with Gasteiger partial charge in [0, 0.05) is 50.5 Å². The Bertz CT molecular complexity index is 1340. The Kier molecular flexibility index (Phi) is 11.5. The number of epoxide rings is 1. The van der Waals surface area contributed by atoms with E-state index in [-0.39, 0.29) is 53.4 Å². The molecule has 4 aliphatic rings. The van der Waals surface area contributed by atoms with E-state index < -0.39 is 18.3 Å². The number of carbonyl (C=O) groups is 4. The predicted octanol–water partition coefficient (Wildman–Crippen LogP) is 4.94. The van der Waals surface area contributed by atoms with E-state index in [2.05, 4.69) is 30.1 Å². The minimum Gasteiger partial charge on any atom is -0.467 e. The predicted molar refractivity (Wildman–Crippen MR) is 178 cm³/mol. The lowest BCUT2D eigenvalue weighted by molar-refractivity contribution is -0.154. The Morgan fingerprint density at radius 1 is 1.02 bits per heavy atom. The molecule has 11 heteroatoms. The van der Waals surface area contributed by atoms with Crippen LogP contribution in [0.2, 0.25) is 0 Å². The molecule has 2 amide bonds. The van der Waals surface area contributed by atoms with Gasteiger partial charge in [0.05, 0.1) is 19.8 Å². The van der Waals surface area contributed by atoms with Crippen LogP contribution < -0.4 is 5.32 Å². The van der Waals surface area contributed by atoms with Gasteiger partial charge >= 0.3 is 11.9 Å². The monoisotopic (exact) mass is 669 g/mol.